The molecule has 0 heterocycles. The molecule has 0 fully saturated rings. The summed E-state index contributed by atoms with van der Waals surface area (Å²) in [6.45, 7) is 2.25. The molecule has 0 saturated heterocycles. The van der Waals surface area contributed by atoms with Gasteiger partial charge in [-0.25, -0.2) is 0 Å². The summed E-state index contributed by atoms with van der Waals surface area (Å²) < 4.78 is 36.3. The topological polar surface area (TPSA) is 46.3 Å². The molecular weight excluding hydrogens is 209 g/mol. The van der Waals surface area contributed by atoms with Crippen molar-refractivity contribution in [2.75, 3.05) is 13.1 Å². The zero-order valence-electron chi connectivity index (χ0n) is 8.97. The highest BCUT2D eigenvalue weighted by Crippen LogP contribution is 2.17. The molecule has 15 heavy (non-hydrogen) atoms. The van der Waals surface area contributed by atoms with Gasteiger partial charge in [-0.1, -0.05) is 6.92 Å². The minimum atomic E-state index is -4.34. The molecule has 0 aromatic rings. The standard InChI is InChI=1S/C9H17F3N2O/c1-3-4-14(6-9(10,11)12)8(15)5-7(2)13/h7H,3-6,13H2,1-2H3. The summed E-state index contributed by atoms with van der Waals surface area (Å²) in [6, 6.07) is -0.412. The molecule has 2 N–H and O–H groups in total. The van der Waals surface area contributed by atoms with Crippen LogP contribution in [0.2, 0.25) is 0 Å². The fraction of sp³-hybridized carbons (Fsp3) is 0.889. The van der Waals surface area contributed by atoms with Gasteiger partial charge in [0.1, 0.15) is 6.54 Å². The molecule has 1 unspecified atom stereocenters. The second kappa shape index (κ2) is 5.95. The van der Waals surface area contributed by atoms with Crippen molar-refractivity contribution in [3.8, 4) is 0 Å². The largest absolute Gasteiger partial charge is 0.406 e. The molecule has 3 nitrogen and oxygen atoms in total. The van der Waals surface area contributed by atoms with Gasteiger partial charge < -0.3 is 10.6 Å². The van der Waals surface area contributed by atoms with Gasteiger partial charge in [0.15, 0.2) is 0 Å². The molecule has 0 aliphatic rings. The second-order valence-electron chi connectivity index (χ2n) is 3.61. The average molecular weight is 226 g/mol. The fourth-order valence-electron chi connectivity index (χ4n) is 1.18. The minimum absolute atomic E-state index is 0.0456. The fourth-order valence-corrected chi connectivity index (χ4v) is 1.18. The Bertz CT molecular complexity index is 204. The molecule has 90 valence electrons. The van der Waals surface area contributed by atoms with Crippen molar-refractivity contribution in [3.05, 3.63) is 0 Å². The van der Waals surface area contributed by atoms with Gasteiger partial charge in [0.25, 0.3) is 0 Å². The predicted molar refractivity (Wildman–Crippen MR) is 51.2 cm³/mol. The highest BCUT2D eigenvalue weighted by molar-refractivity contribution is 5.76. The number of alkyl halides is 3. The SMILES string of the molecule is CCCN(CC(F)(F)F)C(=O)CC(C)N. The third-order valence-electron chi connectivity index (χ3n) is 1.71. The van der Waals surface area contributed by atoms with Gasteiger partial charge in [-0.05, 0) is 13.3 Å². The van der Waals surface area contributed by atoms with Gasteiger partial charge in [0.2, 0.25) is 5.91 Å². The van der Waals surface area contributed by atoms with Crippen molar-refractivity contribution >= 4 is 5.91 Å². The van der Waals surface area contributed by atoms with Crippen LogP contribution in [0.4, 0.5) is 13.2 Å². The molecule has 0 aliphatic carbocycles. The summed E-state index contributed by atoms with van der Waals surface area (Å²) in [5.74, 6) is -0.538. The molecule has 0 radical (unpaired) electrons. The van der Waals surface area contributed by atoms with Crippen LogP contribution < -0.4 is 5.73 Å². The molecule has 1 atom stereocenters. The van der Waals surface area contributed by atoms with E-state index in [-0.39, 0.29) is 13.0 Å². The lowest BCUT2D eigenvalue weighted by Gasteiger charge is -2.24. The highest BCUT2D eigenvalue weighted by atomic mass is 19.4. The van der Waals surface area contributed by atoms with E-state index in [0.717, 1.165) is 4.90 Å². The van der Waals surface area contributed by atoms with Gasteiger partial charge in [-0.15, -0.1) is 0 Å². The van der Waals surface area contributed by atoms with Crippen molar-refractivity contribution in [2.45, 2.75) is 38.9 Å². The first-order valence-corrected chi connectivity index (χ1v) is 4.86. The lowest BCUT2D eigenvalue weighted by molar-refractivity contribution is -0.161. The number of nitrogens with two attached hydrogens (primary N) is 1. The predicted octanol–water partition coefficient (Wildman–Crippen LogP) is 1.52. The number of nitrogens with zero attached hydrogens (tertiary/aromatic N) is 1. The summed E-state index contributed by atoms with van der Waals surface area (Å²) >= 11 is 0. The maximum Gasteiger partial charge on any atom is 0.406 e. The third-order valence-corrected chi connectivity index (χ3v) is 1.71. The quantitative estimate of drug-likeness (QED) is 0.772. The second-order valence-corrected chi connectivity index (χ2v) is 3.61. The van der Waals surface area contributed by atoms with Crippen LogP contribution in [0, 0.1) is 0 Å². The Morgan fingerprint density at radius 2 is 2.00 bits per heavy atom. The van der Waals surface area contributed by atoms with Crippen LogP contribution in [0.25, 0.3) is 0 Å². The first-order chi connectivity index (χ1) is 6.76. The first kappa shape index (κ1) is 14.2. The Kier molecular flexibility index (Phi) is 5.64. The van der Waals surface area contributed by atoms with Crippen molar-refractivity contribution in [2.24, 2.45) is 5.73 Å². The number of carbonyl (C=O) groups is 1. The summed E-state index contributed by atoms with van der Waals surface area (Å²) in [4.78, 5) is 12.2. The number of hydrogen-bond acceptors (Lipinski definition) is 2. The first-order valence-electron chi connectivity index (χ1n) is 4.86. The molecule has 0 aromatic carbocycles. The molecule has 0 aromatic heterocycles. The zero-order chi connectivity index (χ0) is 12.1. The van der Waals surface area contributed by atoms with Crippen LogP contribution in [0.15, 0.2) is 0 Å². The molecule has 0 bridgehead atoms. The van der Waals surface area contributed by atoms with Crippen molar-refractivity contribution in [1.29, 1.82) is 0 Å². The number of halogens is 3. The average Bonchev–Trinajstić information content (AvgIpc) is 1.99. The summed E-state index contributed by atoms with van der Waals surface area (Å²) in [5, 5.41) is 0. The van der Waals surface area contributed by atoms with E-state index in [1.807, 2.05) is 0 Å². The van der Waals surface area contributed by atoms with E-state index in [1.54, 1.807) is 13.8 Å². The molecule has 1 amide bonds. The summed E-state index contributed by atoms with van der Waals surface area (Å²) in [5.41, 5.74) is 5.36. The molecule has 6 heteroatoms. The monoisotopic (exact) mass is 226 g/mol. The van der Waals surface area contributed by atoms with E-state index in [4.69, 9.17) is 5.73 Å². The van der Waals surface area contributed by atoms with Crippen molar-refractivity contribution in [3.63, 3.8) is 0 Å². The normalized spacial score (nSPS) is 13.7. The van der Waals surface area contributed by atoms with Crippen molar-refractivity contribution in [1.82, 2.24) is 4.90 Å². The van der Waals surface area contributed by atoms with E-state index in [9.17, 15) is 18.0 Å². The molecule has 0 rings (SSSR count). The lowest BCUT2D eigenvalue weighted by Crippen LogP contribution is -2.41. The number of hydrogen-bond donors (Lipinski definition) is 1. The number of carbonyl (C=O) groups excluding carboxylic acids is 1. The van der Waals surface area contributed by atoms with Gasteiger partial charge in [0, 0.05) is 19.0 Å². The smallest absolute Gasteiger partial charge is 0.334 e. The van der Waals surface area contributed by atoms with Crippen LogP contribution in [0.1, 0.15) is 26.7 Å². The Labute approximate surface area is 87.4 Å². The molecule has 0 aliphatic heterocycles. The van der Waals surface area contributed by atoms with Crippen molar-refractivity contribution < 1.29 is 18.0 Å². The van der Waals surface area contributed by atoms with E-state index >= 15 is 0 Å². The molecule has 0 spiro atoms. The molecule has 0 saturated carbocycles. The van der Waals surface area contributed by atoms with Crippen LogP contribution in [0.5, 0.6) is 0 Å². The summed E-state index contributed by atoms with van der Waals surface area (Å²) in [7, 11) is 0. The minimum Gasteiger partial charge on any atom is -0.334 e. The van der Waals surface area contributed by atoms with Crippen LogP contribution in [-0.4, -0.2) is 36.1 Å². The number of rotatable bonds is 5. The lowest BCUT2D eigenvalue weighted by atomic mass is 10.2. The van der Waals surface area contributed by atoms with Gasteiger partial charge in [-0.3, -0.25) is 4.79 Å². The van der Waals surface area contributed by atoms with E-state index < -0.39 is 24.7 Å². The maximum atomic E-state index is 12.1. The summed E-state index contributed by atoms with van der Waals surface area (Å²) in [6.07, 6.45) is -3.89. The number of amides is 1. The highest BCUT2D eigenvalue weighted by Gasteiger charge is 2.32. The van der Waals surface area contributed by atoms with Gasteiger partial charge >= 0.3 is 6.18 Å². The molecular formula is C9H17F3N2O. The van der Waals surface area contributed by atoms with Gasteiger partial charge in [-0.2, -0.15) is 13.2 Å². The maximum absolute atomic E-state index is 12.1. The Morgan fingerprint density at radius 1 is 1.47 bits per heavy atom. The Balaban J connectivity index is 4.31. The Morgan fingerprint density at radius 3 is 2.33 bits per heavy atom. The zero-order valence-corrected chi connectivity index (χ0v) is 8.97. The van der Waals surface area contributed by atoms with E-state index in [0.29, 0.717) is 6.42 Å². The van der Waals surface area contributed by atoms with E-state index in [1.165, 1.54) is 0 Å². The van der Waals surface area contributed by atoms with E-state index in [2.05, 4.69) is 0 Å². The van der Waals surface area contributed by atoms with Crippen LogP contribution >= 0.6 is 0 Å². The third kappa shape index (κ3) is 7.18. The van der Waals surface area contributed by atoms with Crippen LogP contribution in [-0.2, 0) is 4.79 Å². The van der Waals surface area contributed by atoms with Crippen LogP contribution in [0.3, 0.4) is 0 Å². The van der Waals surface area contributed by atoms with Gasteiger partial charge in [0.05, 0.1) is 0 Å². The Hall–Kier alpha value is -0.780.